The van der Waals surface area contributed by atoms with E-state index in [2.05, 4.69) is 5.32 Å². The molecule has 7 rings (SSSR count). The van der Waals surface area contributed by atoms with Crippen LogP contribution in [-0.4, -0.2) is 105 Å². The number of fused-ring (bicyclic) bond motifs is 5. The monoisotopic (exact) mass is 867 g/mol. The van der Waals surface area contributed by atoms with E-state index in [1.807, 2.05) is 6.92 Å². The lowest BCUT2D eigenvalue weighted by Gasteiger charge is -2.67. The predicted molar refractivity (Wildman–Crippen MR) is 222 cm³/mol. The van der Waals surface area contributed by atoms with Gasteiger partial charge in [0.1, 0.15) is 23.9 Å². The van der Waals surface area contributed by atoms with E-state index in [9.17, 15) is 39.3 Å². The Morgan fingerprint density at radius 2 is 1.43 bits per heavy atom. The number of ether oxygens (including phenoxy) is 5. The lowest BCUT2D eigenvalue weighted by Crippen LogP contribution is -2.82. The van der Waals surface area contributed by atoms with Crippen molar-refractivity contribution in [3.63, 3.8) is 0 Å². The fraction of sp³-hybridized carbons (Fsp3) is 0.458. The maximum Gasteiger partial charge on any atom is 0.338 e. The molecule has 63 heavy (non-hydrogen) atoms. The minimum absolute atomic E-state index is 0.00245. The highest BCUT2D eigenvalue weighted by molar-refractivity contribution is 5.96. The molecule has 334 valence electrons. The zero-order valence-corrected chi connectivity index (χ0v) is 36.2. The maximum atomic E-state index is 15.5. The predicted octanol–water partition coefficient (Wildman–Crippen LogP) is 4.04. The third-order valence-corrected chi connectivity index (χ3v) is 13.8. The van der Waals surface area contributed by atoms with Crippen molar-refractivity contribution in [2.75, 3.05) is 6.61 Å². The Balaban J connectivity index is 1.39. The number of amides is 1. The average Bonchev–Trinajstić information content (AvgIpc) is 3.24. The standard InChI is InChI=1S/C48H53NO14/c1-25-18-20-29(21-19-25)36(49-42(55)30-14-10-8-11-15-30)37(53)44(57)61-32-23-48(58)41(62-43(56)31-16-12-9-13-17-31)39-46(7,33(52)22-34-47(39,24-59-34)63-28(4)51)40(54)38(60-27(3)50)35(26(32)2)45(48,5)6/h8-21,32-34,36-39,41,52-53,58H,22-24H2,1-7H3,(H,49,55). The fourth-order valence-corrected chi connectivity index (χ4v) is 10.3. The highest BCUT2D eigenvalue weighted by Crippen LogP contribution is 2.64. The fourth-order valence-electron chi connectivity index (χ4n) is 10.3. The van der Waals surface area contributed by atoms with E-state index in [-0.39, 0.29) is 35.3 Å². The smallest absolute Gasteiger partial charge is 0.338 e. The minimum atomic E-state index is -2.39. The van der Waals surface area contributed by atoms with Crippen molar-refractivity contribution in [2.24, 2.45) is 16.7 Å². The zero-order chi connectivity index (χ0) is 45.8. The Labute approximate surface area is 364 Å². The molecule has 3 fully saturated rings. The van der Waals surface area contributed by atoms with Crippen LogP contribution in [0, 0.1) is 23.7 Å². The second kappa shape index (κ2) is 16.8. The Hall–Kier alpha value is -5.74. The van der Waals surface area contributed by atoms with Crippen molar-refractivity contribution in [2.45, 2.75) is 115 Å². The first-order chi connectivity index (χ1) is 29.7. The Kier molecular flexibility index (Phi) is 12.0. The van der Waals surface area contributed by atoms with Gasteiger partial charge >= 0.3 is 23.9 Å². The Morgan fingerprint density at radius 3 is 1.98 bits per heavy atom. The van der Waals surface area contributed by atoms with Crippen LogP contribution in [0.3, 0.4) is 0 Å². The summed E-state index contributed by atoms with van der Waals surface area (Å²) in [5.41, 5.74) is -6.14. The summed E-state index contributed by atoms with van der Waals surface area (Å²) in [6.07, 6.45) is -10.5. The van der Waals surface area contributed by atoms with E-state index < -0.39 is 113 Å². The Morgan fingerprint density at radius 1 is 0.825 bits per heavy atom. The van der Waals surface area contributed by atoms with Gasteiger partial charge in [0.15, 0.2) is 23.6 Å². The van der Waals surface area contributed by atoms with Crippen molar-refractivity contribution >= 4 is 35.6 Å². The molecule has 3 aromatic carbocycles. The van der Waals surface area contributed by atoms with Crippen molar-refractivity contribution in [1.82, 2.24) is 5.32 Å². The van der Waals surface area contributed by atoms with Gasteiger partial charge in [-0.25, -0.2) is 9.59 Å². The molecule has 3 aliphatic carbocycles. The molecule has 0 aromatic heterocycles. The second-order valence-corrected chi connectivity index (χ2v) is 17.9. The molecule has 2 saturated carbocycles. The van der Waals surface area contributed by atoms with Crippen LogP contribution < -0.4 is 5.32 Å². The van der Waals surface area contributed by atoms with Crippen LogP contribution in [0.1, 0.15) is 92.3 Å². The van der Waals surface area contributed by atoms with Crippen molar-refractivity contribution < 1.29 is 67.8 Å². The van der Waals surface area contributed by atoms with Gasteiger partial charge in [-0.15, -0.1) is 0 Å². The van der Waals surface area contributed by atoms with Crippen molar-refractivity contribution in [1.29, 1.82) is 0 Å². The first-order valence-electron chi connectivity index (χ1n) is 20.9. The number of aliphatic hydroxyl groups is 3. The normalized spacial score (nSPS) is 31.6. The summed E-state index contributed by atoms with van der Waals surface area (Å²) in [4.78, 5) is 83.7. The molecule has 1 saturated heterocycles. The first kappa shape index (κ1) is 45.3. The molecule has 11 unspecified atom stereocenters. The van der Waals surface area contributed by atoms with Crippen LogP contribution in [0.4, 0.5) is 0 Å². The summed E-state index contributed by atoms with van der Waals surface area (Å²) < 4.78 is 30.3. The molecular formula is C48H53NO14. The molecular weight excluding hydrogens is 815 g/mol. The number of aryl methyl sites for hydroxylation is 1. The first-order valence-corrected chi connectivity index (χ1v) is 20.9. The number of ketones is 1. The lowest BCUT2D eigenvalue weighted by atomic mass is 9.44. The summed E-state index contributed by atoms with van der Waals surface area (Å²) in [5.74, 6) is -6.84. The molecule has 2 bridgehead atoms. The van der Waals surface area contributed by atoms with E-state index in [4.69, 9.17) is 23.7 Å². The van der Waals surface area contributed by atoms with E-state index in [0.717, 1.165) is 19.4 Å². The molecule has 0 radical (unpaired) electrons. The third-order valence-electron chi connectivity index (χ3n) is 13.8. The van der Waals surface area contributed by atoms with Crippen LogP contribution in [0.25, 0.3) is 0 Å². The minimum Gasteiger partial charge on any atom is -0.456 e. The molecule has 1 amide bonds. The topological polar surface area (TPSA) is 221 Å². The molecule has 0 spiro atoms. The molecule has 1 heterocycles. The molecule has 4 aliphatic rings. The average molecular weight is 868 g/mol. The van der Waals surface area contributed by atoms with Crippen molar-refractivity contribution in [3.05, 3.63) is 118 Å². The van der Waals surface area contributed by atoms with Crippen LogP contribution >= 0.6 is 0 Å². The summed E-state index contributed by atoms with van der Waals surface area (Å²) in [5, 5.41) is 40.4. The van der Waals surface area contributed by atoms with Gasteiger partial charge in [0, 0.05) is 37.7 Å². The quantitative estimate of drug-likeness (QED) is 0.128. The van der Waals surface area contributed by atoms with E-state index >= 15 is 4.79 Å². The third kappa shape index (κ3) is 7.64. The lowest BCUT2D eigenvalue weighted by molar-refractivity contribution is -0.346. The molecule has 4 N–H and O–H groups in total. The number of aliphatic hydroxyl groups excluding tert-OH is 2. The number of hydrogen-bond donors (Lipinski definition) is 4. The van der Waals surface area contributed by atoms with Gasteiger partial charge in [-0.3, -0.25) is 19.2 Å². The number of carbonyl (C=O) groups is 6. The van der Waals surface area contributed by atoms with Crippen molar-refractivity contribution in [3.8, 4) is 0 Å². The number of benzene rings is 3. The maximum absolute atomic E-state index is 15.5. The van der Waals surface area contributed by atoms with Gasteiger partial charge in [-0.05, 0) is 61.7 Å². The molecule has 3 aromatic rings. The SMILES string of the molecule is CC(=O)OC1C(=O)C2(C)C(O)CC3OCC3(OC(C)=O)C2C(OC(=O)c2ccccc2)C2(O)CC(OC(=O)C(O)C(NC(=O)c3ccccc3)c3ccc(C)cc3)C(C)=C1C2(C)C. The second-order valence-electron chi connectivity index (χ2n) is 17.9. The highest BCUT2D eigenvalue weighted by atomic mass is 16.6. The molecule has 11 atom stereocenters. The number of esters is 4. The van der Waals surface area contributed by atoms with Gasteiger partial charge < -0.3 is 44.3 Å². The van der Waals surface area contributed by atoms with Gasteiger partial charge in [-0.1, -0.05) is 80.1 Å². The largest absolute Gasteiger partial charge is 0.456 e. The number of rotatable bonds is 10. The number of Topliss-reactive ketones (excluding diaryl/α,β-unsaturated/α-hetero) is 1. The molecule has 1 aliphatic heterocycles. The van der Waals surface area contributed by atoms with Crippen LogP contribution in [0.2, 0.25) is 0 Å². The van der Waals surface area contributed by atoms with Gasteiger partial charge in [0.25, 0.3) is 5.91 Å². The van der Waals surface area contributed by atoms with Crippen LogP contribution in [0.15, 0.2) is 96.1 Å². The zero-order valence-electron chi connectivity index (χ0n) is 36.2. The molecule has 15 nitrogen and oxygen atoms in total. The highest BCUT2D eigenvalue weighted by Gasteiger charge is 2.78. The van der Waals surface area contributed by atoms with E-state index in [1.54, 1.807) is 86.6 Å². The van der Waals surface area contributed by atoms with Gasteiger partial charge in [0.2, 0.25) is 0 Å². The summed E-state index contributed by atoms with van der Waals surface area (Å²) in [7, 11) is 0. The van der Waals surface area contributed by atoms with Crippen LogP contribution in [0.5, 0.6) is 0 Å². The number of nitrogens with one attached hydrogen (secondary N) is 1. The number of hydrogen-bond acceptors (Lipinski definition) is 14. The van der Waals surface area contributed by atoms with Gasteiger partial charge in [-0.2, -0.15) is 0 Å². The van der Waals surface area contributed by atoms with Gasteiger partial charge in [0.05, 0.1) is 35.6 Å². The van der Waals surface area contributed by atoms with E-state index in [1.165, 1.54) is 26.0 Å². The van der Waals surface area contributed by atoms with E-state index in [0.29, 0.717) is 5.56 Å². The van der Waals surface area contributed by atoms with Crippen LogP contribution in [-0.2, 0) is 42.9 Å². The summed E-state index contributed by atoms with van der Waals surface area (Å²) in [6.45, 7) is 9.83. The summed E-state index contributed by atoms with van der Waals surface area (Å²) >= 11 is 0. The Bertz CT molecular complexity index is 2330. The summed E-state index contributed by atoms with van der Waals surface area (Å²) in [6, 6.07) is 21.5. The number of carbonyl (C=O) groups excluding carboxylic acids is 6. The molecule has 15 heteroatoms.